The molecule has 1 aromatic heterocycles. The van der Waals surface area contributed by atoms with Crippen LogP contribution in [-0.4, -0.2) is 16.7 Å². The van der Waals surface area contributed by atoms with Crippen molar-refractivity contribution in [1.29, 1.82) is 0 Å². The molecule has 1 saturated carbocycles. The van der Waals surface area contributed by atoms with Crippen LogP contribution in [0.1, 0.15) is 38.9 Å². The van der Waals surface area contributed by atoms with Crippen LogP contribution in [-0.2, 0) is 9.53 Å². The van der Waals surface area contributed by atoms with Crippen molar-refractivity contribution in [1.82, 2.24) is 0 Å². The van der Waals surface area contributed by atoms with E-state index in [-0.39, 0.29) is 23.2 Å². The lowest BCUT2D eigenvalue weighted by atomic mass is 9.63. The molecule has 0 aromatic carbocycles. The van der Waals surface area contributed by atoms with Crippen LogP contribution >= 0.6 is 0 Å². The first kappa shape index (κ1) is 14.4. The monoisotopic (exact) mass is 290 g/mol. The van der Waals surface area contributed by atoms with Crippen molar-refractivity contribution in [2.75, 3.05) is 0 Å². The van der Waals surface area contributed by atoms with E-state index >= 15 is 0 Å². The summed E-state index contributed by atoms with van der Waals surface area (Å²) < 4.78 is 10.8. The molecule has 4 heteroatoms. The summed E-state index contributed by atoms with van der Waals surface area (Å²) in [6, 6.07) is 1.79. The molecule has 1 saturated heterocycles. The summed E-state index contributed by atoms with van der Waals surface area (Å²) in [6.45, 7) is 9.71. The predicted molar refractivity (Wildman–Crippen MR) is 77.2 cm³/mol. The third-order valence-corrected chi connectivity index (χ3v) is 5.56. The minimum atomic E-state index is -1.11. The van der Waals surface area contributed by atoms with Crippen LogP contribution < -0.4 is 0 Å². The fourth-order valence-electron chi connectivity index (χ4n) is 4.41. The summed E-state index contributed by atoms with van der Waals surface area (Å²) in [7, 11) is 0. The number of hydrogen-bond donors (Lipinski definition) is 1. The first-order chi connectivity index (χ1) is 9.83. The number of esters is 1. The molecule has 2 aliphatic rings. The summed E-state index contributed by atoms with van der Waals surface area (Å²) in [4.78, 5) is 12.3. The second kappa shape index (κ2) is 4.47. The van der Waals surface area contributed by atoms with Crippen molar-refractivity contribution in [3.05, 3.63) is 36.8 Å². The molecule has 114 valence electrons. The lowest BCUT2D eigenvalue weighted by molar-refractivity contribution is -0.216. The zero-order chi connectivity index (χ0) is 15.4. The third kappa shape index (κ3) is 1.75. The average molecular weight is 290 g/mol. The molecule has 1 N–H and O–H groups in total. The highest BCUT2D eigenvalue weighted by Gasteiger charge is 2.67. The summed E-state index contributed by atoms with van der Waals surface area (Å²) in [5.41, 5.74) is -0.691. The Kier molecular flexibility index (Phi) is 3.06. The van der Waals surface area contributed by atoms with E-state index in [2.05, 4.69) is 6.58 Å². The molecule has 2 heterocycles. The number of allylic oxidation sites excluding steroid dienone is 1. The van der Waals surface area contributed by atoms with Gasteiger partial charge >= 0.3 is 5.97 Å². The molecule has 5 atom stereocenters. The maximum Gasteiger partial charge on any atom is 0.312 e. The SMILES string of the molecule is C=C[C@@H]1CC(C)(C)[C@@]2(O)[C@H]1[C@@H](c1ccoc1)OC(=O)[C@@H]2C. The third-order valence-electron chi connectivity index (χ3n) is 5.56. The molecule has 3 rings (SSSR count). The van der Waals surface area contributed by atoms with Crippen LogP contribution in [0, 0.1) is 23.2 Å². The number of carbonyl (C=O) groups is 1. The van der Waals surface area contributed by atoms with Crippen molar-refractivity contribution in [3.63, 3.8) is 0 Å². The maximum absolute atomic E-state index is 12.3. The number of carbonyl (C=O) groups excluding carboxylic acids is 1. The second-order valence-electron chi connectivity index (χ2n) is 6.97. The zero-order valence-corrected chi connectivity index (χ0v) is 12.7. The van der Waals surface area contributed by atoms with E-state index in [1.54, 1.807) is 25.5 Å². The van der Waals surface area contributed by atoms with Gasteiger partial charge in [-0.1, -0.05) is 19.9 Å². The second-order valence-corrected chi connectivity index (χ2v) is 6.97. The largest absolute Gasteiger partial charge is 0.472 e. The van der Waals surface area contributed by atoms with Gasteiger partial charge in [0.1, 0.15) is 6.10 Å². The Labute approximate surface area is 124 Å². The van der Waals surface area contributed by atoms with E-state index in [0.29, 0.717) is 0 Å². The number of hydrogen-bond acceptors (Lipinski definition) is 4. The van der Waals surface area contributed by atoms with Gasteiger partial charge in [-0.25, -0.2) is 0 Å². The van der Waals surface area contributed by atoms with Gasteiger partial charge < -0.3 is 14.3 Å². The highest BCUT2D eigenvalue weighted by Crippen LogP contribution is 2.62. The highest BCUT2D eigenvalue weighted by molar-refractivity contribution is 5.75. The number of fused-ring (bicyclic) bond motifs is 1. The molecular weight excluding hydrogens is 268 g/mol. The van der Waals surface area contributed by atoms with Gasteiger partial charge in [0.15, 0.2) is 0 Å². The molecule has 0 radical (unpaired) electrons. The smallest absolute Gasteiger partial charge is 0.312 e. The number of rotatable bonds is 2. The molecule has 0 amide bonds. The molecule has 1 aromatic rings. The Bertz CT molecular complexity index is 559. The summed E-state index contributed by atoms with van der Waals surface area (Å²) >= 11 is 0. The number of aliphatic hydroxyl groups is 1. The van der Waals surface area contributed by atoms with Crippen molar-refractivity contribution in [2.45, 2.75) is 38.9 Å². The van der Waals surface area contributed by atoms with Crippen LogP contribution in [0.25, 0.3) is 0 Å². The van der Waals surface area contributed by atoms with Gasteiger partial charge in [0.2, 0.25) is 0 Å². The topological polar surface area (TPSA) is 59.7 Å². The van der Waals surface area contributed by atoms with E-state index in [1.807, 2.05) is 19.9 Å². The Morgan fingerprint density at radius 2 is 2.19 bits per heavy atom. The number of furan rings is 1. The zero-order valence-electron chi connectivity index (χ0n) is 12.7. The number of cyclic esters (lactones) is 1. The van der Waals surface area contributed by atoms with Crippen LogP contribution in [0.3, 0.4) is 0 Å². The summed E-state index contributed by atoms with van der Waals surface area (Å²) in [6.07, 6.45) is 5.32. The molecule has 4 nitrogen and oxygen atoms in total. The van der Waals surface area contributed by atoms with E-state index in [0.717, 1.165) is 12.0 Å². The van der Waals surface area contributed by atoms with E-state index in [9.17, 15) is 9.90 Å². The molecule has 0 bridgehead atoms. The molecular formula is C17H22O4. The van der Waals surface area contributed by atoms with Crippen molar-refractivity contribution < 1.29 is 19.1 Å². The first-order valence-electron chi connectivity index (χ1n) is 7.40. The lowest BCUT2D eigenvalue weighted by Gasteiger charge is -2.49. The Balaban J connectivity index is 2.14. The van der Waals surface area contributed by atoms with Gasteiger partial charge in [0, 0.05) is 11.5 Å². The number of ether oxygens (including phenoxy) is 1. The maximum atomic E-state index is 12.3. The minimum absolute atomic E-state index is 0.0976. The molecule has 21 heavy (non-hydrogen) atoms. The van der Waals surface area contributed by atoms with Crippen molar-refractivity contribution in [3.8, 4) is 0 Å². The molecule has 2 fully saturated rings. The minimum Gasteiger partial charge on any atom is -0.472 e. The van der Waals surface area contributed by atoms with Gasteiger partial charge in [-0.2, -0.15) is 0 Å². The molecule has 1 aliphatic heterocycles. The van der Waals surface area contributed by atoms with Crippen LogP contribution in [0.5, 0.6) is 0 Å². The Morgan fingerprint density at radius 3 is 2.76 bits per heavy atom. The molecule has 0 unspecified atom stereocenters. The van der Waals surface area contributed by atoms with Crippen LogP contribution in [0.2, 0.25) is 0 Å². The highest BCUT2D eigenvalue weighted by atomic mass is 16.6. The summed E-state index contributed by atoms with van der Waals surface area (Å²) in [5.74, 6) is -1.00. The van der Waals surface area contributed by atoms with E-state index in [1.165, 1.54) is 0 Å². The molecule has 1 aliphatic carbocycles. The Morgan fingerprint density at radius 1 is 1.48 bits per heavy atom. The van der Waals surface area contributed by atoms with Gasteiger partial charge in [0.05, 0.1) is 24.0 Å². The van der Waals surface area contributed by atoms with Crippen LogP contribution in [0.15, 0.2) is 35.7 Å². The quantitative estimate of drug-likeness (QED) is 0.671. The van der Waals surface area contributed by atoms with Crippen molar-refractivity contribution in [2.24, 2.45) is 23.2 Å². The standard InChI is InChI=1S/C17H22O4/c1-5-11-8-16(3,4)17(19)10(2)15(18)21-14(13(11)17)12-6-7-20-9-12/h5-7,9-11,13-14,19H,1,8H2,2-4H3/t10-,11+,13+,14+,17-/m0/s1. The van der Waals surface area contributed by atoms with E-state index in [4.69, 9.17) is 9.15 Å². The van der Waals surface area contributed by atoms with Gasteiger partial charge in [-0.3, -0.25) is 4.79 Å². The predicted octanol–water partition coefficient (Wildman–Crippen LogP) is 3.09. The van der Waals surface area contributed by atoms with Crippen LogP contribution in [0.4, 0.5) is 0 Å². The Hall–Kier alpha value is -1.55. The van der Waals surface area contributed by atoms with E-state index < -0.39 is 17.6 Å². The average Bonchev–Trinajstić information content (AvgIpc) is 3.02. The lowest BCUT2D eigenvalue weighted by Crippen LogP contribution is -2.59. The van der Waals surface area contributed by atoms with Gasteiger partial charge in [-0.15, -0.1) is 6.58 Å². The normalized spacial score (nSPS) is 41.4. The van der Waals surface area contributed by atoms with Gasteiger partial charge in [-0.05, 0) is 30.7 Å². The fraction of sp³-hybridized carbons (Fsp3) is 0.588. The summed E-state index contributed by atoms with van der Waals surface area (Å²) in [5, 5.41) is 11.5. The van der Waals surface area contributed by atoms with Gasteiger partial charge in [0.25, 0.3) is 0 Å². The van der Waals surface area contributed by atoms with Crippen molar-refractivity contribution >= 4 is 5.97 Å². The first-order valence-corrected chi connectivity index (χ1v) is 7.40. The molecule has 0 spiro atoms. The fourth-order valence-corrected chi connectivity index (χ4v) is 4.41.